The average Bonchev–Trinajstić information content (AvgIpc) is 2.49. The first-order valence-electron chi connectivity index (χ1n) is 7.63. The van der Waals surface area contributed by atoms with Gasteiger partial charge in [0, 0.05) is 0 Å². The number of hydrogen-bond donors (Lipinski definition) is 0. The number of nitrogens with zero attached hydrogens (tertiary/aromatic N) is 2. The van der Waals surface area contributed by atoms with Crippen LogP contribution in [0.5, 0.6) is 5.75 Å². The highest BCUT2D eigenvalue weighted by Crippen LogP contribution is 2.24. The lowest BCUT2D eigenvalue weighted by Crippen LogP contribution is -2.28. The SMILES string of the molecule is CCCCN(CC)C(C#N)c1cccc(OCCC)c1. The lowest BCUT2D eigenvalue weighted by molar-refractivity contribution is 0.244. The van der Waals surface area contributed by atoms with Gasteiger partial charge in [-0.15, -0.1) is 0 Å². The van der Waals surface area contributed by atoms with Crippen LogP contribution in [0.15, 0.2) is 24.3 Å². The fourth-order valence-electron chi connectivity index (χ4n) is 2.19. The molecule has 0 amide bonds. The van der Waals surface area contributed by atoms with E-state index in [1.54, 1.807) is 0 Å². The molecule has 1 unspecified atom stereocenters. The minimum absolute atomic E-state index is 0.184. The normalized spacial score (nSPS) is 12.2. The van der Waals surface area contributed by atoms with E-state index in [4.69, 9.17) is 4.74 Å². The quantitative estimate of drug-likeness (QED) is 0.678. The molecule has 0 aliphatic rings. The third kappa shape index (κ3) is 4.86. The van der Waals surface area contributed by atoms with E-state index in [0.29, 0.717) is 6.61 Å². The Labute approximate surface area is 123 Å². The summed E-state index contributed by atoms with van der Waals surface area (Å²) in [4.78, 5) is 2.22. The number of benzene rings is 1. The third-order valence-electron chi connectivity index (χ3n) is 3.34. The maximum atomic E-state index is 9.51. The van der Waals surface area contributed by atoms with E-state index >= 15 is 0 Å². The van der Waals surface area contributed by atoms with Crippen LogP contribution in [0.4, 0.5) is 0 Å². The van der Waals surface area contributed by atoms with Crippen LogP contribution in [0, 0.1) is 11.3 Å². The summed E-state index contributed by atoms with van der Waals surface area (Å²) in [6, 6.07) is 10.2. The molecule has 0 aliphatic carbocycles. The molecule has 0 radical (unpaired) electrons. The Morgan fingerprint density at radius 2 is 2.05 bits per heavy atom. The monoisotopic (exact) mass is 274 g/mol. The summed E-state index contributed by atoms with van der Waals surface area (Å²) in [5.74, 6) is 0.858. The van der Waals surface area contributed by atoms with Crippen molar-refractivity contribution in [2.24, 2.45) is 0 Å². The van der Waals surface area contributed by atoms with E-state index in [1.807, 2.05) is 24.3 Å². The van der Waals surface area contributed by atoms with Crippen LogP contribution < -0.4 is 4.74 Å². The topological polar surface area (TPSA) is 36.3 Å². The summed E-state index contributed by atoms with van der Waals surface area (Å²) in [6.45, 7) is 8.94. The summed E-state index contributed by atoms with van der Waals surface area (Å²) in [7, 11) is 0. The first kappa shape index (κ1) is 16.5. The van der Waals surface area contributed by atoms with Crippen molar-refractivity contribution in [2.75, 3.05) is 19.7 Å². The predicted octanol–water partition coefficient (Wildman–Crippen LogP) is 4.16. The van der Waals surface area contributed by atoms with Crippen LogP contribution >= 0.6 is 0 Å². The van der Waals surface area contributed by atoms with Crippen molar-refractivity contribution in [1.29, 1.82) is 5.26 Å². The van der Waals surface area contributed by atoms with Crippen molar-refractivity contribution in [3.63, 3.8) is 0 Å². The molecule has 3 heteroatoms. The first-order chi connectivity index (χ1) is 9.76. The van der Waals surface area contributed by atoms with Gasteiger partial charge in [-0.05, 0) is 43.6 Å². The number of hydrogen-bond acceptors (Lipinski definition) is 3. The van der Waals surface area contributed by atoms with E-state index in [-0.39, 0.29) is 6.04 Å². The van der Waals surface area contributed by atoms with E-state index in [1.165, 1.54) is 0 Å². The number of nitriles is 1. The van der Waals surface area contributed by atoms with Gasteiger partial charge in [0.05, 0.1) is 12.7 Å². The summed E-state index contributed by atoms with van der Waals surface area (Å²) >= 11 is 0. The van der Waals surface area contributed by atoms with Gasteiger partial charge >= 0.3 is 0 Å². The van der Waals surface area contributed by atoms with Crippen molar-refractivity contribution >= 4 is 0 Å². The molecule has 110 valence electrons. The zero-order chi connectivity index (χ0) is 14.8. The van der Waals surface area contributed by atoms with Crippen molar-refractivity contribution in [3.05, 3.63) is 29.8 Å². The van der Waals surface area contributed by atoms with E-state index in [9.17, 15) is 5.26 Å². The van der Waals surface area contributed by atoms with Gasteiger partial charge in [0.15, 0.2) is 0 Å². The van der Waals surface area contributed by atoms with Gasteiger partial charge in [0.1, 0.15) is 11.8 Å². The number of ether oxygens (including phenoxy) is 1. The van der Waals surface area contributed by atoms with Gasteiger partial charge < -0.3 is 4.74 Å². The fourth-order valence-corrected chi connectivity index (χ4v) is 2.19. The molecule has 0 fully saturated rings. The maximum absolute atomic E-state index is 9.51. The largest absolute Gasteiger partial charge is 0.494 e. The third-order valence-corrected chi connectivity index (χ3v) is 3.34. The predicted molar refractivity (Wildman–Crippen MR) is 82.7 cm³/mol. The molecule has 0 aliphatic heterocycles. The smallest absolute Gasteiger partial charge is 0.123 e. The number of unbranched alkanes of at least 4 members (excludes halogenated alkanes) is 1. The Hall–Kier alpha value is -1.53. The van der Waals surface area contributed by atoms with Crippen LogP contribution in [0.3, 0.4) is 0 Å². The highest BCUT2D eigenvalue weighted by Gasteiger charge is 2.18. The summed E-state index contributed by atoms with van der Waals surface area (Å²) in [6.07, 6.45) is 3.26. The van der Waals surface area contributed by atoms with Crippen LogP contribution in [0.2, 0.25) is 0 Å². The molecule has 0 N–H and O–H groups in total. The molecular weight excluding hydrogens is 248 g/mol. The van der Waals surface area contributed by atoms with E-state index in [2.05, 4.69) is 31.7 Å². The fraction of sp³-hybridized carbons (Fsp3) is 0.588. The second-order valence-electron chi connectivity index (χ2n) is 4.93. The minimum atomic E-state index is -0.184. The Morgan fingerprint density at radius 3 is 2.65 bits per heavy atom. The summed E-state index contributed by atoms with van der Waals surface area (Å²) in [5, 5.41) is 9.51. The molecule has 0 spiro atoms. The molecular formula is C17H26N2O. The maximum Gasteiger partial charge on any atom is 0.123 e. The minimum Gasteiger partial charge on any atom is -0.494 e. The molecule has 1 rings (SSSR count). The van der Waals surface area contributed by atoms with E-state index in [0.717, 1.165) is 43.7 Å². The first-order valence-corrected chi connectivity index (χ1v) is 7.63. The number of rotatable bonds is 9. The Balaban J connectivity index is 2.85. The van der Waals surface area contributed by atoms with Gasteiger partial charge in [-0.2, -0.15) is 5.26 Å². The molecule has 0 saturated carbocycles. The highest BCUT2D eigenvalue weighted by molar-refractivity contribution is 5.33. The lowest BCUT2D eigenvalue weighted by atomic mass is 10.1. The Bertz CT molecular complexity index is 425. The van der Waals surface area contributed by atoms with Gasteiger partial charge in [0.2, 0.25) is 0 Å². The summed E-state index contributed by atoms with van der Waals surface area (Å²) < 4.78 is 5.66. The van der Waals surface area contributed by atoms with Gasteiger partial charge in [-0.25, -0.2) is 0 Å². The molecule has 1 atom stereocenters. The van der Waals surface area contributed by atoms with Crippen LogP contribution in [-0.2, 0) is 0 Å². The van der Waals surface area contributed by atoms with Gasteiger partial charge in [-0.1, -0.05) is 39.3 Å². The zero-order valence-corrected chi connectivity index (χ0v) is 12.9. The Morgan fingerprint density at radius 1 is 1.25 bits per heavy atom. The van der Waals surface area contributed by atoms with Crippen molar-refractivity contribution in [2.45, 2.75) is 46.1 Å². The van der Waals surface area contributed by atoms with Crippen LogP contribution in [-0.4, -0.2) is 24.6 Å². The standard InChI is InChI=1S/C17H26N2O/c1-4-7-11-19(6-3)17(14-18)15-9-8-10-16(13-15)20-12-5-2/h8-10,13,17H,4-7,11-12H2,1-3H3. The van der Waals surface area contributed by atoms with E-state index < -0.39 is 0 Å². The van der Waals surface area contributed by atoms with Crippen molar-refractivity contribution in [3.8, 4) is 11.8 Å². The lowest BCUT2D eigenvalue weighted by Gasteiger charge is -2.26. The molecule has 1 aromatic rings. The van der Waals surface area contributed by atoms with Gasteiger partial charge in [0.25, 0.3) is 0 Å². The second kappa shape index (κ2) is 9.39. The van der Waals surface area contributed by atoms with Gasteiger partial charge in [-0.3, -0.25) is 4.90 Å². The molecule has 20 heavy (non-hydrogen) atoms. The van der Waals surface area contributed by atoms with Crippen LogP contribution in [0.1, 0.15) is 51.6 Å². The molecule has 3 nitrogen and oxygen atoms in total. The Kier molecular flexibility index (Phi) is 7.75. The second-order valence-corrected chi connectivity index (χ2v) is 4.93. The summed E-state index contributed by atoms with van der Waals surface area (Å²) in [5.41, 5.74) is 1.03. The molecule has 0 saturated heterocycles. The van der Waals surface area contributed by atoms with Crippen molar-refractivity contribution in [1.82, 2.24) is 4.90 Å². The van der Waals surface area contributed by atoms with Crippen LogP contribution in [0.25, 0.3) is 0 Å². The average molecular weight is 274 g/mol. The van der Waals surface area contributed by atoms with Crippen molar-refractivity contribution < 1.29 is 4.74 Å². The zero-order valence-electron chi connectivity index (χ0n) is 12.9. The highest BCUT2D eigenvalue weighted by atomic mass is 16.5. The molecule has 0 aromatic heterocycles. The molecule has 0 bridgehead atoms. The molecule has 1 aromatic carbocycles. The molecule has 0 heterocycles.